The van der Waals surface area contributed by atoms with Gasteiger partial charge in [0, 0.05) is 26.2 Å². The van der Waals surface area contributed by atoms with Crippen LogP contribution >= 0.6 is 0 Å². The van der Waals surface area contributed by atoms with Crippen molar-refractivity contribution in [3.63, 3.8) is 0 Å². The van der Waals surface area contributed by atoms with Gasteiger partial charge in [-0.05, 0) is 54.5 Å². The summed E-state index contributed by atoms with van der Waals surface area (Å²) in [5.41, 5.74) is 3.08. The Bertz CT molecular complexity index is 728. The van der Waals surface area contributed by atoms with Crippen molar-refractivity contribution >= 4 is 5.69 Å². The number of hydrogen-bond acceptors (Lipinski definition) is 3. The van der Waals surface area contributed by atoms with Crippen molar-refractivity contribution < 1.29 is 9.84 Å². The number of anilines is 1. The number of hydrogen-bond donors (Lipinski definition) is 1. The zero-order valence-electron chi connectivity index (χ0n) is 16.2. The second-order valence-electron chi connectivity index (χ2n) is 7.80. The van der Waals surface area contributed by atoms with Gasteiger partial charge in [0.25, 0.3) is 0 Å². The van der Waals surface area contributed by atoms with Crippen molar-refractivity contribution in [2.45, 2.75) is 44.1 Å². The van der Waals surface area contributed by atoms with Crippen LogP contribution in [-0.2, 0) is 12.8 Å². The first-order valence-corrected chi connectivity index (χ1v) is 9.62. The van der Waals surface area contributed by atoms with Crippen LogP contribution < -0.4 is 9.64 Å². The zero-order valence-corrected chi connectivity index (χ0v) is 16.2. The first-order chi connectivity index (χ1) is 12.5. The summed E-state index contributed by atoms with van der Waals surface area (Å²) >= 11 is 0. The van der Waals surface area contributed by atoms with E-state index in [9.17, 15) is 5.11 Å². The molecule has 0 saturated heterocycles. The van der Waals surface area contributed by atoms with Gasteiger partial charge in [0.1, 0.15) is 5.75 Å². The summed E-state index contributed by atoms with van der Waals surface area (Å²) in [5.74, 6) is 1.14. The summed E-state index contributed by atoms with van der Waals surface area (Å²) in [7, 11) is 5.86. The van der Waals surface area contributed by atoms with Crippen molar-refractivity contribution in [2.75, 3.05) is 26.1 Å². The molecule has 0 spiro atoms. The van der Waals surface area contributed by atoms with Gasteiger partial charge < -0.3 is 14.7 Å². The third kappa shape index (κ3) is 4.21. The molecule has 1 saturated carbocycles. The molecule has 3 rings (SSSR count). The van der Waals surface area contributed by atoms with Gasteiger partial charge in [0.15, 0.2) is 0 Å². The normalized spacial score (nSPS) is 22.8. The molecule has 1 aliphatic carbocycles. The lowest BCUT2D eigenvalue weighted by Gasteiger charge is -2.41. The maximum Gasteiger partial charge on any atom is 0.119 e. The fourth-order valence-electron chi connectivity index (χ4n) is 4.34. The number of aliphatic hydroxyl groups is 1. The Morgan fingerprint density at radius 3 is 2.69 bits per heavy atom. The smallest absolute Gasteiger partial charge is 0.119 e. The van der Waals surface area contributed by atoms with Crippen LogP contribution in [-0.4, -0.2) is 31.9 Å². The lowest BCUT2D eigenvalue weighted by Crippen LogP contribution is -2.43. The van der Waals surface area contributed by atoms with Crippen LogP contribution in [0, 0.1) is 5.92 Å². The van der Waals surface area contributed by atoms with Crippen LogP contribution in [0.5, 0.6) is 5.75 Å². The third-order valence-corrected chi connectivity index (χ3v) is 5.76. The quantitative estimate of drug-likeness (QED) is 0.832. The maximum absolute atomic E-state index is 11.6. The second-order valence-corrected chi connectivity index (χ2v) is 7.80. The first kappa shape index (κ1) is 18.8. The topological polar surface area (TPSA) is 32.7 Å². The molecule has 2 unspecified atom stereocenters. The molecule has 2 atom stereocenters. The van der Waals surface area contributed by atoms with Crippen LogP contribution in [0.3, 0.4) is 0 Å². The fraction of sp³-hybridized carbons (Fsp3) is 0.478. The highest BCUT2D eigenvalue weighted by Crippen LogP contribution is 2.40. The van der Waals surface area contributed by atoms with Crippen molar-refractivity contribution in [3.8, 4) is 5.75 Å². The minimum atomic E-state index is -0.649. The number of ether oxygens (including phenoxy) is 1. The van der Waals surface area contributed by atoms with E-state index in [-0.39, 0.29) is 5.92 Å². The van der Waals surface area contributed by atoms with Crippen LogP contribution in [0.4, 0.5) is 5.69 Å². The molecule has 0 bridgehead atoms. The molecule has 0 heterocycles. The van der Waals surface area contributed by atoms with Crippen LogP contribution in [0.1, 0.15) is 36.8 Å². The van der Waals surface area contributed by atoms with E-state index < -0.39 is 5.60 Å². The average molecular weight is 354 g/mol. The van der Waals surface area contributed by atoms with E-state index in [2.05, 4.69) is 55.4 Å². The molecule has 0 aliphatic heterocycles. The van der Waals surface area contributed by atoms with Crippen LogP contribution in [0.2, 0.25) is 0 Å². The summed E-state index contributed by atoms with van der Waals surface area (Å²) in [5, 5.41) is 11.6. The molecule has 140 valence electrons. The number of nitrogens with zero attached hydrogens (tertiary/aromatic N) is 1. The van der Waals surface area contributed by atoms with Gasteiger partial charge in [-0.1, -0.05) is 43.2 Å². The van der Waals surface area contributed by atoms with Gasteiger partial charge in [0.2, 0.25) is 0 Å². The monoisotopic (exact) mass is 353 g/mol. The van der Waals surface area contributed by atoms with E-state index in [1.807, 2.05) is 12.1 Å². The van der Waals surface area contributed by atoms with Crippen LogP contribution in [0.25, 0.3) is 0 Å². The molecule has 1 fully saturated rings. The van der Waals surface area contributed by atoms with E-state index in [4.69, 9.17) is 4.74 Å². The van der Waals surface area contributed by atoms with E-state index in [1.54, 1.807) is 7.11 Å². The predicted octanol–water partition coefficient (Wildman–Crippen LogP) is 4.47. The standard InChI is InChI=1S/C23H31NO2/c1-24(2)22-13-5-4-10-19(22)16-20-11-6-7-14-23(20,25)17-18-9-8-12-21(15-18)26-3/h4-5,8-10,12-13,15,20,25H,6-7,11,14,16-17H2,1-3H3. The molecule has 2 aromatic carbocycles. The fourth-order valence-corrected chi connectivity index (χ4v) is 4.34. The molecular formula is C23H31NO2. The SMILES string of the molecule is COc1cccc(CC2(O)CCCCC2Cc2ccccc2N(C)C)c1. The molecule has 3 nitrogen and oxygen atoms in total. The minimum Gasteiger partial charge on any atom is -0.497 e. The Morgan fingerprint density at radius 1 is 1.12 bits per heavy atom. The zero-order chi connectivity index (χ0) is 18.6. The van der Waals surface area contributed by atoms with Crippen molar-refractivity contribution in [1.29, 1.82) is 0 Å². The summed E-state index contributed by atoms with van der Waals surface area (Å²) in [6.45, 7) is 0. The minimum absolute atomic E-state index is 0.281. The summed E-state index contributed by atoms with van der Waals surface area (Å²) in [6, 6.07) is 16.7. The Kier molecular flexibility index (Phi) is 5.87. The Labute approximate surface area is 157 Å². The number of para-hydroxylation sites is 1. The Balaban J connectivity index is 1.83. The number of benzene rings is 2. The number of methoxy groups -OCH3 is 1. The molecule has 26 heavy (non-hydrogen) atoms. The molecule has 2 aromatic rings. The van der Waals surface area contributed by atoms with Gasteiger partial charge in [-0.3, -0.25) is 0 Å². The molecule has 0 aromatic heterocycles. The van der Waals surface area contributed by atoms with Gasteiger partial charge in [-0.2, -0.15) is 0 Å². The Hall–Kier alpha value is -2.00. The molecule has 0 radical (unpaired) electrons. The molecule has 1 aliphatic rings. The van der Waals surface area contributed by atoms with E-state index >= 15 is 0 Å². The van der Waals surface area contributed by atoms with E-state index in [0.29, 0.717) is 6.42 Å². The van der Waals surface area contributed by atoms with Gasteiger partial charge in [0.05, 0.1) is 12.7 Å². The van der Waals surface area contributed by atoms with Crippen molar-refractivity contribution in [3.05, 3.63) is 59.7 Å². The lowest BCUT2D eigenvalue weighted by atomic mass is 9.70. The van der Waals surface area contributed by atoms with Crippen molar-refractivity contribution in [1.82, 2.24) is 0 Å². The second kappa shape index (κ2) is 8.13. The molecule has 1 N–H and O–H groups in total. The average Bonchev–Trinajstić information content (AvgIpc) is 2.64. The van der Waals surface area contributed by atoms with Crippen molar-refractivity contribution in [2.24, 2.45) is 5.92 Å². The largest absolute Gasteiger partial charge is 0.497 e. The van der Waals surface area contributed by atoms with Gasteiger partial charge in [-0.15, -0.1) is 0 Å². The summed E-state index contributed by atoms with van der Waals surface area (Å²) in [6.07, 6.45) is 5.89. The molecule has 0 amide bonds. The predicted molar refractivity (Wildman–Crippen MR) is 108 cm³/mol. The Morgan fingerprint density at radius 2 is 1.92 bits per heavy atom. The summed E-state index contributed by atoms with van der Waals surface area (Å²) < 4.78 is 5.35. The van der Waals surface area contributed by atoms with Gasteiger partial charge >= 0.3 is 0 Å². The van der Waals surface area contributed by atoms with E-state index in [1.165, 1.54) is 17.7 Å². The third-order valence-electron chi connectivity index (χ3n) is 5.76. The van der Waals surface area contributed by atoms with Gasteiger partial charge in [-0.25, -0.2) is 0 Å². The summed E-state index contributed by atoms with van der Waals surface area (Å²) in [4.78, 5) is 2.17. The number of rotatable bonds is 6. The maximum atomic E-state index is 11.6. The highest BCUT2D eigenvalue weighted by Gasteiger charge is 2.39. The van der Waals surface area contributed by atoms with Crippen LogP contribution in [0.15, 0.2) is 48.5 Å². The highest BCUT2D eigenvalue weighted by atomic mass is 16.5. The van der Waals surface area contributed by atoms with E-state index in [0.717, 1.165) is 37.0 Å². The molecular weight excluding hydrogens is 322 g/mol. The first-order valence-electron chi connectivity index (χ1n) is 9.62. The highest BCUT2D eigenvalue weighted by molar-refractivity contribution is 5.52. The molecule has 3 heteroatoms. The lowest BCUT2D eigenvalue weighted by molar-refractivity contribution is -0.0476.